The van der Waals surface area contributed by atoms with Crippen molar-refractivity contribution in [3.8, 4) is 0 Å². The van der Waals surface area contributed by atoms with Gasteiger partial charge in [0.2, 0.25) is 0 Å². The normalized spacial score (nSPS) is 17.3. The van der Waals surface area contributed by atoms with Crippen molar-refractivity contribution in [2.45, 2.75) is 25.9 Å². The van der Waals surface area contributed by atoms with E-state index in [2.05, 4.69) is 15.5 Å². The standard InChI is InChI=1S/C20H26FN3O3/c1-14-6-7-19(27-14)15(2)23-20(25)22-13-18(24-8-10-26-11-9-24)16-4-3-5-17(21)12-16/h3-7,12,15,18H,8-11,13H2,1-2H3,(H2,22,23,25). The summed E-state index contributed by atoms with van der Waals surface area (Å²) in [5, 5.41) is 5.78. The smallest absolute Gasteiger partial charge is 0.315 e. The van der Waals surface area contributed by atoms with Gasteiger partial charge >= 0.3 is 6.03 Å². The van der Waals surface area contributed by atoms with Crippen LogP contribution < -0.4 is 10.6 Å². The van der Waals surface area contributed by atoms with Gasteiger partial charge in [-0.15, -0.1) is 0 Å². The Balaban J connectivity index is 1.62. The third-order valence-corrected chi connectivity index (χ3v) is 4.71. The first-order valence-corrected chi connectivity index (χ1v) is 9.21. The summed E-state index contributed by atoms with van der Waals surface area (Å²) in [4.78, 5) is 14.5. The van der Waals surface area contributed by atoms with Gasteiger partial charge in [0.1, 0.15) is 17.3 Å². The molecular weight excluding hydrogens is 349 g/mol. The van der Waals surface area contributed by atoms with E-state index >= 15 is 0 Å². The molecule has 0 bridgehead atoms. The van der Waals surface area contributed by atoms with E-state index < -0.39 is 0 Å². The van der Waals surface area contributed by atoms with E-state index in [0.29, 0.717) is 25.5 Å². The third kappa shape index (κ3) is 5.30. The molecule has 1 fully saturated rings. The van der Waals surface area contributed by atoms with Gasteiger partial charge in [-0.3, -0.25) is 4.90 Å². The van der Waals surface area contributed by atoms with E-state index in [0.717, 1.165) is 24.4 Å². The molecule has 1 saturated heterocycles. The van der Waals surface area contributed by atoms with E-state index in [1.54, 1.807) is 6.07 Å². The van der Waals surface area contributed by atoms with Crippen molar-refractivity contribution >= 4 is 6.03 Å². The number of benzene rings is 1. The minimum Gasteiger partial charge on any atom is -0.464 e. The van der Waals surface area contributed by atoms with Crippen LogP contribution in [0.1, 0.15) is 36.1 Å². The minimum atomic E-state index is -0.286. The highest BCUT2D eigenvalue weighted by atomic mass is 19.1. The largest absolute Gasteiger partial charge is 0.464 e. The first-order valence-electron chi connectivity index (χ1n) is 9.21. The number of hydrogen-bond donors (Lipinski definition) is 2. The summed E-state index contributed by atoms with van der Waals surface area (Å²) >= 11 is 0. The number of morpholine rings is 1. The summed E-state index contributed by atoms with van der Waals surface area (Å²) in [5.41, 5.74) is 0.840. The molecule has 2 heterocycles. The molecule has 27 heavy (non-hydrogen) atoms. The molecule has 2 N–H and O–H groups in total. The number of rotatable bonds is 6. The van der Waals surface area contributed by atoms with Crippen molar-refractivity contribution in [3.63, 3.8) is 0 Å². The molecule has 0 radical (unpaired) electrons. The molecule has 1 aliphatic rings. The van der Waals surface area contributed by atoms with Crippen molar-refractivity contribution in [1.82, 2.24) is 15.5 Å². The zero-order chi connectivity index (χ0) is 19.2. The molecule has 2 atom stereocenters. The van der Waals surface area contributed by atoms with Crippen molar-refractivity contribution in [2.24, 2.45) is 0 Å². The zero-order valence-electron chi connectivity index (χ0n) is 15.7. The molecule has 6 nitrogen and oxygen atoms in total. The molecule has 2 unspecified atom stereocenters. The number of halogens is 1. The Hall–Kier alpha value is -2.38. The SMILES string of the molecule is Cc1ccc(C(C)NC(=O)NCC(c2cccc(F)c2)N2CCOCC2)o1. The van der Waals surface area contributed by atoms with Gasteiger partial charge in [0.05, 0.1) is 25.3 Å². The first-order chi connectivity index (χ1) is 13.0. The Morgan fingerprint density at radius 1 is 1.26 bits per heavy atom. The van der Waals surface area contributed by atoms with Crippen LogP contribution >= 0.6 is 0 Å². The second-order valence-corrected chi connectivity index (χ2v) is 6.74. The Bertz CT molecular complexity index is 758. The lowest BCUT2D eigenvalue weighted by atomic mass is 10.0. The fourth-order valence-electron chi connectivity index (χ4n) is 3.26. The number of aryl methyl sites for hydroxylation is 1. The molecule has 1 aromatic heterocycles. The highest BCUT2D eigenvalue weighted by molar-refractivity contribution is 5.74. The van der Waals surface area contributed by atoms with Gasteiger partial charge in [0, 0.05) is 19.6 Å². The Morgan fingerprint density at radius 2 is 2.04 bits per heavy atom. The number of nitrogens with one attached hydrogen (secondary N) is 2. The van der Waals surface area contributed by atoms with Gasteiger partial charge in [0.15, 0.2) is 0 Å². The lowest BCUT2D eigenvalue weighted by Crippen LogP contribution is -2.46. The molecule has 7 heteroatoms. The van der Waals surface area contributed by atoms with E-state index in [9.17, 15) is 9.18 Å². The highest BCUT2D eigenvalue weighted by Crippen LogP contribution is 2.22. The molecule has 146 valence electrons. The topological polar surface area (TPSA) is 66.7 Å². The van der Waals surface area contributed by atoms with E-state index in [-0.39, 0.29) is 23.9 Å². The van der Waals surface area contributed by atoms with Gasteiger partial charge in [-0.1, -0.05) is 12.1 Å². The molecule has 1 aliphatic heterocycles. The number of furan rings is 1. The number of carbonyl (C=O) groups excluding carboxylic acids is 1. The first kappa shape index (κ1) is 19.4. The van der Waals surface area contributed by atoms with E-state index in [1.807, 2.05) is 32.0 Å². The van der Waals surface area contributed by atoms with Gasteiger partial charge in [-0.2, -0.15) is 0 Å². The minimum absolute atomic E-state index is 0.114. The lowest BCUT2D eigenvalue weighted by Gasteiger charge is -2.35. The van der Waals surface area contributed by atoms with Crippen LogP contribution in [0.4, 0.5) is 9.18 Å². The second kappa shape index (κ2) is 9.01. The third-order valence-electron chi connectivity index (χ3n) is 4.71. The fourth-order valence-corrected chi connectivity index (χ4v) is 3.26. The number of carbonyl (C=O) groups is 1. The maximum atomic E-state index is 13.7. The van der Waals surface area contributed by atoms with E-state index in [1.165, 1.54) is 12.1 Å². The predicted molar refractivity (Wildman–Crippen MR) is 99.9 cm³/mol. The summed E-state index contributed by atoms with van der Waals surface area (Å²) in [6, 6.07) is 9.60. The second-order valence-electron chi connectivity index (χ2n) is 6.74. The summed E-state index contributed by atoms with van der Waals surface area (Å²) in [6.45, 7) is 6.85. The molecule has 0 saturated carbocycles. The van der Waals surface area contributed by atoms with Crippen molar-refractivity contribution in [1.29, 1.82) is 0 Å². The van der Waals surface area contributed by atoms with Crippen LogP contribution in [-0.4, -0.2) is 43.8 Å². The molecule has 1 aromatic carbocycles. The molecule has 2 amide bonds. The number of amides is 2. The number of nitrogens with zero attached hydrogens (tertiary/aromatic N) is 1. The van der Waals surface area contributed by atoms with Crippen LogP contribution in [0.15, 0.2) is 40.8 Å². The van der Waals surface area contributed by atoms with Crippen LogP contribution in [-0.2, 0) is 4.74 Å². The molecule has 2 aromatic rings. The van der Waals surface area contributed by atoms with Gasteiger partial charge < -0.3 is 19.8 Å². The Labute approximate surface area is 158 Å². The summed E-state index contributed by atoms with van der Waals surface area (Å²) in [6.07, 6.45) is 0. The number of urea groups is 1. The number of hydrogen-bond acceptors (Lipinski definition) is 4. The summed E-state index contributed by atoms with van der Waals surface area (Å²) < 4.78 is 24.7. The molecule has 3 rings (SSSR count). The van der Waals surface area contributed by atoms with Crippen molar-refractivity contribution in [3.05, 3.63) is 59.3 Å². The predicted octanol–water partition coefficient (Wildman–Crippen LogP) is 3.16. The summed E-state index contributed by atoms with van der Waals surface area (Å²) in [5.74, 6) is 1.23. The maximum absolute atomic E-state index is 13.7. The van der Waals surface area contributed by atoms with Crippen molar-refractivity contribution < 1.29 is 18.3 Å². The Kier molecular flexibility index (Phi) is 6.47. The average Bonchev–Trinajstić information content (AvgIpc) is 3.09. The maximum Gasteiger partial charge on any atom is 0.315 e. The molecule has 0 spiro atoms. The fraction of sp³-hybridized carbons (Fsp3) is 0.450. The van der Waals surface area contributed by atoms with E-state index in [4.69, 9.17) is 9.15 Å². The average molecular weight is 375 g/mol. The molecular formula is C20H26FN3O3. The van der Waals surface area contributed by atoms with Gasteiger partial charge in [0.25, 0.3) is 0 Å². The van der Waals surface area contributed by atoms with Crippen LogP contribution in [0.25, 0.3) is 0 Å². The molecule has 0 aliphatic carbocycles. The van der Waals surface area contributed by atoms with Crippen LogP contribution in [0.3, 0.4) is 0 Å². The number of ether oxygens (including phenoxy) is 1. The highest BCUT2D eigenvalue weighted by Gasteiger charge is 2.24. The summed E-state index contributed by atoms with van der Waals surface area (Å²) in [7, 11) is 0. The lowest BCUT2D eigenvalue weighted by molar-refractivity contribution is 0.0166. The quantitative estimate of drug-likeness (QED) is 0.814. The van der Waals surface area contributed by atoms with Crippen LogP contribution in [0.5, 0.6) is 0 Å². The monoisotopic (exact) mass is 375 g/mol. The van der Waals surface area contributed by atoms with Crippen LogP contribution in [0, 0.1) is 12.7 Å². The zero-order valence-corrected chi connectivity index (χ0v) is 15.7. The van der Waals surface area contributed by atoms with Crippen molar-refractivity contribution in [2.75, 3.05) is 32.8 Å². The van der Waals surface area contributed by atoms with Gasteiger partial charge in [-0.05, 0) is 43.7 Å². The Morgan fingerprint density at radius 3 is 2.70 bits per heavy atom. The van der Waals surface area contributed by atoms with Crippen LogP contribution in [0.2, 0.25) is 0 Å². The van der Waals surface area contributed by atoms with Gasteiger partial charge in [-0.25, -0.2) is 9.18 Å².